The smallest absolute Gasteiger partial charge is 0.0575 e. The largest absolute Gasteiger partial charge is 0.385 e. The van der Waals surface area contributed by atoms with Gasteiger partial charge in [-0.1, -0.05) is 0 Å². The van der Waals surface area contributed by atoms with Crippen molar-refractivity contribution in [2.75, 3.05) is 20.3 Å². The summed E-state index contributed by atoms with van der Waals surface area (Å²) in [7, 11) is 1.74. The highest BCUT2D eigenvalue weighted by atomic mass is 16.5. The van der Waals surface area contributed by atoms with Crippen LogP contribution in [-0.4, -0.2) is 32.5 Å². The summed E-state index contributed by atoms with van der Waals surface area (Å²) in [5.74, 6) is 0. The van der Waals surface area contributed by atoms with Crippen molar-refractivity contribution in [3.05, 3.63) is 0 Å². The molecule has 1 aliphatic rings. The number of nitrogens with two attached hydrogens (primary N) is 1. The molecule has 15 heavy (non-hydrogen) atoms. The Labute approximate surface area is 93.3 Å². The Kier molecular flexibility index (Phi) is 6.98. The second-order valence-corrected chi connectivity index (χ2v) is 4.46. The van der Waals surface area contributed by atoms with Gasteiger partial charge < -0.3 is 15.2 Å². The van der Waals surface area contributed by atoms with Crippen LogP contribution >= 0.6 is 0 Å². The number of methoxy groups -OCH3 is 1. The molecule has 3 nitrogen and oxygen atoms in total. The molecule has 1 rings (SSSR count). The van der Waals surface area contributed by atoms with Crippen LogP contribution in [-0.2, 0) is 9.47 Å². The molecule has 2 N–H and O–H groups in total. The van der Waals surface area contributed by atoms with Crippen LogP contribution in [0, 0.1) is 0 Å². The van der Waals surface area contributed by atoms with E-state index in [-0.39, 0.29) is 0 Å². The molecule has 0 spiro atoms. The first-order chi connectivity index (χ1) is 7.33. The topological polar surface area (TPSA) is 44.5 Å². The summed E-state index contributed by atoms with van der Waals surface area (Å²) in [4.78, 5) is 0. The minimum absolute atomic E-state index is 0.325. The average molecular weight is 215 g/mol. The van der Waals surface area contributed by atoms with Crippen LogP contribution in [0.25, 0.3) is 0 Å². The highest BCUT2D eigenvalue weighted by molar-refractivity contribution is 4.68. The average Bonchev–Trinajstić information content (AvgIpc) is 2.28. The lowest BCUT2D eigenvalue weighted by Crippen LogP contribution is -2.25. The number of ether oxygens (including phenoxy) is 2. The fourth-order valence-corrected chi connectivity index (χ4v) is 2.07. The summed E-state index contributed by atoms with van der Waals surface area (Å²) in [5.41, 5.74) is 6.02. The van der Waals surface area contributed by atoms with Gasteiger partial charge in [-0.05, 0) is 44.9 Å². The summed E-state index contributed by atoms with van der Waals surface area (Å²) < 4.78 is 10.7. The van der Waals surface area contributed by atoms with E-state index in [1.807, 2.05) is 0 Å². The van der Waals surface area contributed by atoms with E-state index < -0.39 is 0 Å². The lowest BCUT2D eigenvalue weighted by atomic mass is 10.00. The van der Waals surface area contributed by atoms with Crippen LogP contribution in [0.5, 0.6) is 0 Å². The Balaban J connectivity index is 1.97. The zero-order valence-electron chi connectivity index (χ0n) is 9.91. The molecule has 2 unspecified atom stereocenters. The summed E-state index contributed by atoms with van der Waals surface area (Å²) in [6.45, 7) is 1.78. The van der Waals surface area contributed by atoms with E-state index in [9.17, 15) is 0 Å². The number of hydrogen-bond acceptors (Lipinski definition) is 3. The summed E-state index contributed by atoms with van der Waals surface area (Å²) in [6.07, 6.45) is 8.63. The van der Waals surface area contributed by atoms with Gasteiger partial charge in [0.2, 0.25) is 0 Å². The van der Waals surface area contributed by atoms with Gasteiger partial charge in [0.1, 0.15) is 0 Å². The van der Waals surface area contributed by atoms with E-state index in [2.05, 4.69) is 0 Å². The molecule has 0 aromatic rings. The van der Waals surface area contributed by atoms with Gasteiger partial charge in [0.25, 0.3) is 0 Å². The monoisotopic (exact) mass is 215 g/mol. The Morgan fingerprint density at radius 2 is 2.27 bits per heavy atom. The maximum absolute atomic E-state index is 6.02. The second kappa shape index (κ2) is 8.08. The molecule has 0 saturated carbocycles. The summed E-state index contributed by atoms with van der Waals surface area (Å²) >= 11 is 0. The highest BCUT2D eigenvalue weighted by Crippen LogP contribution is 2.18. The van der Waals surface area contributed by atoms with Gasteiger partial charge in [-0.15, -0.1) is 0 Å². The molecule has 0 aromatic carbocycles. The molecule has 90 valence electrons. The van der Waals surface area contributed by atoms with Gasteiger partial charge in [-0.2, -0.15) is 0 Å². The third kappa shape index (κ3) is 6.13. The molecule has 1 fully saturated rings. The van der Waals surface area contributed by atoms with E-state index in [1.165, 1.54) is 19.3 Å². The SMILES string of the molecule is COCCCC(N)CCC1CCCCO1. The highest BCUT2D eigenvalue weighted by Gasteiger charge is 2.14. The van der Waals surface area contributed by atoms with Gasteiger partial charge in [0.05, 0.1) is 6.10 Å². The van der Waals surface area contributed by atoms with Crippen molar-refractivity contribution in [2.24, 2.45) is 5.73 Å². The van der Waals surface area contributed by atoms with E-state index in [4.69, 9.17) is 15.2 Å². The normalized spacial score (nSPS) is 24.0. The van der Waals surface area contributed by atoms with Crippen LogP contribution in [0.2, 0.25) is 0 Å². The van der Waals surface area contributed by atoms with E-state index >= 15 is 0 Å². The molecule has 0 bridgehead atoms. The third-order valence-corrected chi connectivity index (χ3v) is 3.06. The molecule has 2 atom stereocenters. The Morgan fingerprint density at radius 3 is 2.93 bits per heavy atom. The summed E-state index contributed by atoms with van der Waals surface area (Å²) in [6, 6.07) is 0.325. The van der Waals surface area contributed by atoms with E-state index in [0.717, 1.165) is 38.9 Å². The Bertz CT molecular complexity index is 147. The summed E-state index contributed by atoms with van der Waals surface area (Å²) in [5, 5.41) is 0. The molecule has 0 aliphatic carbocycles. The standard InChI is InChI=1S/C12H25NO2/c1-14-9-4-5-11(13)7-8-12-6-2-3-10-15-12/h11-12H,2-10,13H2,1H3. The zero-order chi connectivity index (χ0) is 10.9. The molecular weight excluding hydrogens is 190 g/mol. The van der Waals surface area contributed by atoms with Gasteiger partial charge in [-0.25, -0.2) is 0 Å². The van der Waals surface area contributed by atoms with Gasteiger partial charge in [0.15, 0.2) is 0 Å². The molecule has 0 radical (unpaired) electrons. The van der Waals surface area contributed by atoms with Crippen LogP contribution in [0.1, 0.15) is 44.9 Å². The lowest BCUT2D eigenvalue weighted by molar-refractivity contribution is 0.00894. The van der Waals surface area contributed by atoms with Crippen molar-refractivity contribution in [3.8, 4) is 0 Å². The molecule has 3 heteroatoms. The molecule has 1 heterocycles. The maximum atomic E-state index is 6.02. The predicted molar refractivity (Wildman–Crippen MR) is 61.9 cm³/mol. The van der Waals surface area contributed by atoms with Crippen molar-refractivity contribution in [1.29, 1.82) is 0 Å². The van der Waals surface area contributed by atoms with Gasteiger partial charge in [-0.3, -0.25) is 0 Å². The van der Waals surface area contributed by atoms with E-state index in [1.54, 1.807) is 7.11 Å². The molecule has 0 amide bonds. The first-order valence-corrected chi connectivity index (χ1v) is 6.19. The van der Waals surface area contributed by atoms with Crippen molar-refractivity contribution in [2.45, 2.75) is 57.1 Å². The quantitative estimate of drug-likeness (QED) is 0.661. The van der Waals surface area contributed by atoms with Crippen molar-refractivity contribution in [3.63, 3.8) is 0 Å². The lowest BCUT2D eigenvalue weighted by Gasteiger charge is -2.23. The number of hydrogen-bond donors (Lipinski definition) is 1. The van der Waals surface area contributed by atoms with Crippen LogP contribution in [0.4, 0.5) is 0 Å². The third-order valence-electron chi connectivity index (χ3n) is 3.06. The molecule has 1 aliphatic heterocycles. The predicted octanol–water partition coefficient (Wildman–Crippen LogP) is 2.09. The Morgan fingerprint density at radius 1 is 1.40 bits per heavy atom. The molecular formula is C12H25NO2. The zero-order valence-corrected chi connectivity index (χ0v) is 9.91. The molecule has 0 aromatic heterocycles. The fourth-order valence-electron chi connectivity index (χ4n) is 2.07. The van der Waals surface area contributed by atoms with Crippen LogP contribution in [0.3, 0.4) is 0 Å². The van der Waals surface area contributed by atoms with E-state index in [0.29, 0.717) is 12.1 Å². The van der Waals surface area contributed by atoms with Crippen LogP contribution in [0.15, 0.2) is 0 Å². The second-order valence-electron chi connectivity index (χ2n) is 4.46. The number of rotatable bonds is 7. The van der Waals surface area contributed by atoms with Crippen LogP contribution < -0.4 is 5.73 Å². The van der Waals surface area contributed by atoms with Crippen molar-refractivity contribution >= 4 is 0 Å². The van der Waals surface area contributed by atoms with Gasteiger partial charge in [0, 0.05) is 26.4 Å². The fraction of sp³-hybridized carbons (Fsp3) is 1.00. The first-order valence-electron chi connectivity index (χ1n) is 6.19. The van der Waals surface area contributed by atoms with Gasteiger partial charge >= 0.3 is 0 Å². The Hall–Kier alpha value is -0.120. The minimum atomic E-state index is 0.325. The van der Waals surface area contributed by atoms with Crippen molar-refractivity contribution in [1.82, 2.24) is 0 Å². The minimum Gasteiger partial charge on any atom is -0.385 e. The van der Waals surface area contributed by atoms with Crippen molar-refractivity contribution < 1.29 is 9.47 Å². The maximum Gasteiger partial charge on any atom is 0.0575 e. The molecule has 1 saturated heterocycles. The first kappa shape index (κ1) is 12.9.